The minimum absolute atomic E-state index is 0.0567. The Labute approximate surface area is 278 Å². The molecule has 0 amide bonds. The maximum Gasteiger partial charge on any atom is 0.490 e. The number of benzene rings is 2. The zero-order valence-electron chi connectivity index (χ0n) is 24.6. The summed E-state index contributed by atoms with van der Waals surface area (Å²) >= 11 is 13.0. The Balaban J connectivity index is 0.000000617. The van der Waals surface area contributed by atoms with Gasteiger partial charge in [0.1, 0.15) is 15.0 Å². The first kappa shape index (κ1) is 35.7. The zero-order valence-corrected chi connectivity index (χ0v) is 27.7. The van der Waals surface area contributed by atoms with Crippen LogP contribution in [-0.2, 0) is 21.4 Å². The molecule has 2 heterocycles. The summed E-state index contributed by atoms with van der Waals surface area (Å²) in [5.41, 5.74) is 2.13. The third-order valence-corrected chi connectivity index (χ3v) is 10.6. The molecule has 2 aromatic heterocycles. The van der Waals surface area contributed by atoms with Gasteiger partial charge < -0.3 is 15.3 Å². The molecule has 46 heavy (non-hydrogen) atoms. The summed E-state index contributed by atoms with van der Waals surface area (Å²) in [6.45, 7) is 1.93. The smallest absolute Gasteiger partial charge is 0.475 e. The Morgan fingerprint density at radius 2 is 1.59 bits per heavy atom. The number of carboxylic acids is 1. The van der Waals surface area contributed by atoms with Crippen LogP contribution in [0.4, 0.5) is 24.9 Å². The Morgan fingerprint density at radius 3 is 2.17 bits per heavy atom. The van der Waals surface area contributed by atoms with E-state index in [1.54, 1.807) is 0 Å². The second-order valence-electron chi connectivity index (χ2n) is 10.8. The number of sulfonamides is 1. The summed E-state index contributed by atoms with van der Waals surface area (Å²) in [7, 11) is -1.61. The Morgan fingerprint density at radius 1 is 1.00 bits per heavy atom. The van der Waals surface area contributed by atoms with Gasteiger partial charge in [-0.3, -0.25) is 0 Å². The number of fused-ring (bicyclic) bond motifs is 1. The van der Waals surface area contributed by atoms with Crippen molar-refractivity contribution in [3.63, 3.8) is 0 Å². The first-order valence-electron chi connectivity index (χ1n) is 14.2. The number of carbonyl (C=O) groups is 1. The largest absolute Gasteiger partial charge is 0.490 e. The first-order valence-corrected chi connectivity index (χ1v) is 17.3. The molecule has 16 heteroatoms. The number of carboxylic acid groups (broad SMARTS) is 1. The Kier molecular flexibility index (Phi) is 12.1. The topological polar surface area (TPSA) is 125 Å². The first-order chi connectivity index (χ1) is 21.7. The summed E-state index contributed by atoms with van der Waals surface area (Å²) in [6, 6.07) is 19.9. The van der Waals surface area contributed by atoms with E-state index in [1.807, 2.05) is 36.4 Å². The lowest BCUT2D eigenvalue weighted by atomic mass is 9.82. The predicted octanol–water partition coefficient (Wildman–Crippen LogP) is 7.46. The molecule has 1 aliphatic rings. The van der Waals surface area contributed by atoms with Crippen molar-refractivity contribution in [3.05, 3.63) is 74.9 Å². The van der Waals surface area contributed by atoms with E-state index in [2.05, 4.69) is 40.2 Å². The Hall–Kier alpha value is -3.17. The maximum absolute atomic E-state index is 12.6. The summed E-state index contributed by atoms with van der Waals surface area (Å²) in [5.74, 6) is -0.463. The molecule has 0 bridgehead atoms. The van der Waals surface area contributed by atoms with Crippen molar-refractivity contribution < 1.29 is 31.5 Å². The average molecular weight is 719 g/mol. The van der Waals surface area contributed by atoms with Crippen LogP contribution in [0.2, 0.25) is 8.67 Å². The normalized spacial score (nSPS) is 16.8. The number of nitrogens with one attached hydrogen (secondary N) is 2. The molecule has 0 atom stereocenters. The number of aliphatic carboxylic acids is 1. The number of para-hydroxylation sites is 1. The number of hydrogen-bond donors (Lipinski definition) is 3. The summed E-state index contributed by atoms with van der Waals surface area (Å²) < 4.78 is 60.3. The van der Waals surface area contributed by atoms with Crippen LogP contribution in [0.3, 0.4) is 0 Å². The number of aromatic nitrogens is 2. The highest BCUT2D eigenvalue weighted by molar-refractivity contribution is 7.89. The highest BCUT2D eigenvalue weighted by Gasteiger charge is 2.38. The highest BCUT2D eigenvalue weighted by atomic mass is 35.5. The molecule has 1 aliphatic carbocycles. The zero-order chi connectivity index (χ0) is 33.5. The minimum atomic E-state index is -5.08. The van der Waals surface area contributed by atoms with E-state index in [4.69, 9.17) is 43.1 Å². The molecule has 0 unspecified atom stereocenters. The second kappa shape index (κ2) is 15.6. The van der Waals surface area contributed by atoms with Gasteiger partial charge in [-0.2, -0.15) is 18.2 Å². The molecule has 3 N–H and O–H groups in total. The van der Waals surface area contributed by atoms with E-state index in [9.17, 15) is 21.6 Å². The second-order valence-corrected chi connectivity index (χ2v) is 14.9. The van der Waals surface area contributed by atoms with Crippen molar-refractivity contribution in [1.82, 2.24) is 14.7 Å². The number of rotatable bonds is 10. The monoisotopic (exact) mass is 717 g/mol. The highest BCUT2D eigenvalue weighted by Crippen LogP contribution is 2.35. The fourth-order valence-electron chi connectivity index (χ4n) is 5.05. The van der Waals surface area contributed by atoms with Crippen molar-refractivity contribution in [1.29, 1.82) is 0 Å². The van der Waals surface area contributed by atoms with Gasteiger partial charge in [0, 0.05) is 32.1 Å². The fourth-order valence-corrected chi connectivity index (χ4v) is 8.31. The molecule has 1 fully saturated rings. The van der Waals surface area contributed by atoms with Crippen molar-refractivity contribution in [2.24, 2.45) is 11.8 Å². The SMILES string of the molecule is CN(Cc1ccccc1)c1nc(NCC2CCC(CNS(=O)(=O)c3cc(Cl)sc3Cl)CC2)nc2ccccc12.O=C(O)C(F)(F)F. The number of nitrogens with zero attached hydrogens (tertiary/aromatic N) is 3. The lowest BCUT2D eigenvalue weighted by molar-refractivity contribution is -0.192. The van der Waals surface area contributed by atoms with Gasteiger partial charge in [-0.05, 0) is 61.3 Å². The van der Waals surface area contributed by atoms with Crippen LogP contribution in [0, 0.1) is 11.8 Å². The molecular weight excluding hydrogens is 686 g/mol. The molecule has 0 spiro atoms. The molecular formula is C30H32Cl2F3N5O4S2. The van der Waals surface area contributed by atoms with Crippen molar-refractivity contribution in [2.75, 3.05) is 30.4 Å². The molecule has 0 aliphatic heterocycles. The van der Waals surface area contributed by atoms with E-state index < -0.39 is 22.2 Å². The molecule has 5 rings (SSSR count). The number of halogens is 5. The van der Waals surface area contributed by atoms with Crippen molar-refractivity contribution in [3.8, 4) is 0 Å². The van der Waals surface area contributed by atoms with Crippen LogP contribution in [0.25, 0.3) is 10.9 Å². The predicted molar refractivity (Wildman–Crippen MR) is 175 cm³/mol. The maximum atomic E-state index is 12.6. The summed E-state index contributed by atoms with van der Waals surface area (Å²) in [5, 5.41) is 11.6. The number of anilines is 2. The van der Waals surface area contributed by atoms with Gasteiger partial charge in [-0.25, -0.2) is 22.9 Å². The molecule has 0 radical (unpaired) electrons. The molecule has 248 valence electrons. The van der Waals surface area contributed by atoms with Crippen LogP contribution < -0.4 is 14.9 Å². The minimum Gasteiger partial charge on any atom is -0.475 e. The van der Waals surface area contributed by atoms with Gasteiger partial charge in [0.25, 0.3) is 0 Å². The number of alkyl halides is 3. The van der Waals surface area contributed by atoms with Crippen LogP contribution in [0.15, 0.2) is 65.6 Å². The van der Waals surface area contributed by atoms with Gasteiger partial charge in [-0.1, -0.05) is 65.7 Å². The van der Waals surface area contributed by atoms with Crippen molar-refractivity contribution >= 4 is 73.2 Å². The number of thiophene rings is 1. The van der Waals surface area contributed by atoms with E-state index >= 15 is 0 Å². The molecule has 0 saturated heterocycles. The third-order valence-electron chi connectivity index (χ3n) is 7.44. The van der Waals surface area contributed by atoms with Gasteiger partial charge in [0.05, 0.1) is 9.85 Å². The van der Waals surface area contributed by atoms with Gasteiger partial charge in [-0.15, -0.1) is 11.3 Å². The molecule has 4 aromatic rings. The lowest BCUT2D eigenvalue weighted by Crippen LogP contribution is -2.32. The fraction of sp³-hybridized carbons (Fsp3) is 0.367. The van der Waals surface area contributed by atoms with Crippen LogP contribution in [-0.4, -0.2) is 55.8 Å². The average Bonchev–Trinajstić information content (AvgIpc) is 3.38. The molecule has 1 saturated carbocycles. The van der Waals surface area contributed by atoms with Gasteiger partial charge >= 0.3 is 12.1 Å². The Bertz CT molecular complexity index is 1740. The van der Waals surface area contributed by atoms with Crippen LogP contribution in [0.5, 0.6) is 0 Å². The molecule has 2 aromatic carbocycles. The lowest BCUT2D eigenvalue weighted by Gasteiger charge is -2.29. The molecule has 9 nitrogen and oxygen atoms in total. The van der Waals surface area contributed by atoms with Gasteiger partial charge in [0.2, 0.25) is 16.0 Å². The summed E-state index contributed by atoms with van der Waals surface area (Å²) in [4.78, 5) is 20.8. The van der Waals surface area contributed by atoms with Crippen LogP contribution >= 0.6 is 34.5 Å². The van der Waals surface area contributed by atoms with E-state index in [0.29, 0.717) is 28.7 Å². The standard InChI is InChI=1S/C28H31Cl2N5O2S2.C2HF3O2/c1-35(18-21-7-3-2-4-8-21)27-22-9-5-6-10-23(22)33-28(34-27)31-16-19-11-13-20(14-12-19)17-32-39(36,37)24-15-25(29)38-26(24)30;3-2(4,5)1(6)7/h2-10,15,19-20,32H,11-14,16-18H2,1H3,(H,31,33,34);(H,6,7). The summed E-state index contributed by atoms with van der Waals surface area (Å²) in [6.07, 6.45) is -1.15. The van der Waals surface area contributed by atoms with E-state index in [-0.39, 0.29) is 9.23 Å². The third kappa shape index (κ3) is 9.91. The van der Waals surface area contributed by atoms with Crippen LogP contribution in [0.1, 0.15) is 31.2 Å². The van der Waals surface area contributed by atoms with Gasteiger partial charge in [0.15, 0.2) is 0 Å². The van der Waals surface area contributed by atoms with E-state index in [1.165, 1.54) is 11.6 Å². The number of hydrogen-bond acceptors (Lipinski definition) is 8. The van der Waals surface area contributed by atoms with Crippen molar-refractivity contribution in [2.45, 2.75) is 43.3 Å². The quantitative estimate of drug-likeness (QED) is 0.154. The van der Waals surface area contributed by atoms with E-state index in [0.717, 1.165) is 66.8 Å².